The Morgan fingerprint density at radius 1 is 1.17 bits per heavy atom. The van der Waals surface area contributed by atoms with Gasteiger partial charge in [0.2, 0.25) is 11.7 Å². The van der Waals surface area contributed by atoms with E-state index in [0.29, 0.717) is 12.1 Å². The van der Waals surface area contributed by atoms with Crippen molar-refractivity contribution in [3.63, 3.8) is 0 Å². The molecule has 1 aromatic heterocycles. The number of amides is 1. The molecule has 0 saturated carbocycles. The van der Waals surface area contributed by atoms with E-state index in [0.717, 1.165) is 24.2 Å². The number of Topliss-reactive ketones (excluding diaryl/α,β-unsaturated/α-hetero) is 1. The van der Waals surface area contributed by atoms with E-state index >= 15 is 0 Å². The summed E-state index contributed by atoms with van der Waals surface area (Å²) >= 11 is 0. The molecule has 1 aliphatic heterocycles. The summed E-state index contributed by atoms with van der Waals surface area (Å²) in [5, 5.41) is 0. The molecule has 0 radical (unpaired) electrons. The van der Waals surface area contributed by atoms with E-state index in [1.807, 2.05) is 12.1 Å². The van der Waals surface area contributed by atoms with Gasteiger partial charge >= 0.3 is 5.97 Å². The number of aromatic nitrogens is 1. The number of hydrogen-bond donors (Lipinski definition) is 1. The Labute approximate surface area is 139 Å². The van der Waals surface area contributed by atoms with Crippen molar-refractivity contribution in [2.45, 2.75) is 19.3 Å². The van der Waals surface area contributed by atoms with Crippen LogP contribution in [0.1, 0.15) is 28.9 Å². The van der Waals surface area contributed by atoms with Crippen LogP contribution in [-0.2, 0) is 20.7 Å². The maximum Gasteiger partial charge on any atom is 0.310 e. The van der Waals surface area contributed by atoms with E-state index in [2.05, 4.69) is 4.98 Å². The lowest BCUT2D eigenvalue weighted by atomic mass is 10.1. The van der Waals surface area contributed by atoms with Gasteiger partial charge in [-0.15, -0.1) is 0 Å². The predicted octanol–water partition coefficient (Wildman–Crippen LogP) is 2.11. The number of esters is 1. The molecule has 2 aromatic rings. The molecule has 3 rings (SSSR count). The van der Waals surface area contributed by atoms with Crippen LogP contribution in [0.5, 0.6) is 0 Å². The summed E-state index contributed by atoms with van der Waals surface area (Å²) in [7, 11) is 0. The van der Waals surface area contributed by atoms with Gasteiger partial charge in [-0.1, -0.05) is 12.1 Å². The standard InChI is InChI=1S/C18H18N2O4/c21-16(15-3-1-9-19-15)12-24-18(23)11-13-5-7-14(8-6-13)20-10-2-4-17(20)22/h1,3,5-9,19H,2,4,10-12H2. The molecule has 1 fully saturated rings. The average molecular weight is 326 g/mol. The first-order valence-electron chi connectivity index (χ1n) is 7.85. The largest absolute Gasteiger partial charge is 0.457 e. The number of nitrogens with one attached hydrogen (secondary N) is 1. The topological polar surface area (TPSA) is 79.5 Å². The maximum atomic E-state index is 11.8. The third kappa shape index (κ3) is 3.71. The third-order valence-electron chi connectivity index (χ3n) is 3.93. The third-order valence-corrected chi connectivity index (χ3v) is 3.93. The van der Waals surface area contributed by atoms with Crippen LogP contribution in [0.2, 0.25) is 0 Å². The summed E-state index contributed by atoms with van der Waals surface area (Å²) in [6, 6.07) is 10.6. The SMILES string of the molecule is O=C(Cc1ccc(N2CCCC2=O)cc1)OCC(=O)c1ccc[nH]1. The zero-order valence-electron chi connectivity index (χ0n) is 13.2. The van der Waals surface area contributed by atoms with Crippen molar-refractivity contribution >= 4 is 23.3 Å². The van der Waals surface area contributed by atoms with Crippen LogP contribution in [0, 0.1) is 0 Å². The lowest BCUT2D eigenvalue weighted by molar-refractivity contribution is -0.141. The van der Waals surface area contributed by atoms with Crippen LogP contribution in [-0.4, -0.2) is 35.8 Å². The smallest absolute Gasteiger partial charge is 0.310 e. The van der Waals surface area contributed by atoms with E-state index in [-0.39, 0.29) is 24.7 Å². The summed E-state index contributed by atoms with van der Waals surface area (Å²) < 4.78 is 5.01. The highest BCUT2D eigenvalue weighted by Gasteiger charge is 2.21. The number of benzene rings is 1. The van der Waals surface area contributed by atoms with Crippen molar-refractivity contribution in [1.29, 1.82) is 0 Å². The van der Waals surface area contributed by atoms with Crippen LogP contribution < -0.4 is 4.90 Å². The number of nitrogens with zero attached hydrogens (tertiary/aromatic N) is 1. The fraction of sp³-hybridized carbons (Fsp3) is 0.278. The average Bonchev–Trinajstić information content (AvgIpc) is 3.25. The van der Waals surface area contributed by atoms with Gasteiger partial charge in [0.15, 0.2) is 6.61 Å². The van der Waals surface area contributed by atoms with Crippen molar-refractivity contribution in [2.24, 2.45) is 0 Å². The monoisotopic (exact) mass is 326 g/mol. The van der Waals surface area contributed by atoms with Crippen LogP contribution in [0.15, 0.2) is 42.6 Å². The maximum absolute atomic E-state index is 11.8. The normalized spacial score (nSPS) is 14.0. The zero-order valence-corrected chi connectivity index (χ0v) is 13.2. The Bertz CT molecular complexity index is 735. The first kappa shape index (κ1) is 16.0. The Morgan fingerprint density at radius 2 is 1.96 bits per heavy atom. The van der Waals surface area contributed by atoms with Gasteiger partial charge in [0.05, 0.1) is 12.1 Å². The zero-order chi connectivity index (χ0) is 16.9. The van der Waals surface area contributed by atoms with Gasteiger partial charge in [-0.05, 0) is 36.2 Å². The number of ether oxygens (including phenoxy) is 1. The molecule has 1 saturated heterocycles. The number of H-pyrrole nitrogens is 1. The minimum absolute atomic E-state index is 0.0895. The van der Waals surface area contributed by atoms with Crippen molar-refractivity contribution < 1.29 is 19.1 Å². The second kappa shape index (κ2) is 7.12. The van der Waals surface area contributed by atoms with Gasteiger partial charge in [-0.2, -0.15) is 0 Å². The Kier molecular flexibility index (Phi) is 4.74. The molecule has 1 aliphatic rings. The molecule has 124 valence electrons. The van der Waals surface area contributed by atoms with Gasteiger partial charge in [0.1, 0.15) is 0 Å². The molecule has 1 N–H and O–H groups in total. The van der Waals surface area contributed by atoms with Crippen LogP contribution in [0.4, 0.5) is 5.69 Å². The lowest BCUT2D eigenvalue weighted by Crippen LogP contribution is -2.23. The molecule has 6 heteroatoms. The molecule has 0 unspecified atom stereocenters. The summed E-state index contributed by atoms with van der Waals surface area (Å²) in [6.07, 6.45) is 3.19. The fourth-order valence-corrected chi connectivity index (χ4v) is 2.66. The predicted molar refractivity (Wildman–Crippen MR) is 87.8 cm³/mol. The number of carbonyl (C=O) groups is 3. The molecule has 6 nitrogen and oxygen atoms in total. The highest BCUT2D eigenvalue weighted by molar-refractivity contribution is 5.96. The van der Waals surface area contributed by atoms with Gasteiger partial charge in [0, 0.05) is 24.8 Å². The second-order valence-electron chi connectivity index (χ2n) is 5.66. The minimum atomic E-state index is -0.458. The number of anilines is 1. The fourth-order valence-electron chi connectivity index (χ4n) is 2.66. The van der Waals surface area contributed by atoms with Crippen molar-refractivity contribution in [3.05, 3.63) is 53.9 Å². The van der Waals surface area contributed by atoms with Crippen LogP contribution in [0.25, 0.3) is 0 Å². The summed E-state index contributed by atoms with van der Waals surface area (Å²) in [4.78, 5) is 39.8. The van der Waals surface area contributed by atoms with Gasteiger partial charge in [-0.25, -0.2) is 0 Å². The highest BCUT2D eigenvalue weighted by atomic mass is 16.5. The first-order chi connectivity index (χ1) is 11.6. The molecule has 0 spiro atoms. The summed E-state index contributed by atoms with van der Waals surface area (Å²) in [5.41, 5.74) is 2.04. The number of hydrogen-bond acceptors (Lipinski definition) is 4. The first-order valence-corrected chi connectivity index (χ1v) is 7.85. The molecule has 0 aliphatic carbocycles. The highest BCUT2D eigenvalue weighted by Crippen LogP contribution is 2.21. The van der Waals surface area contributed by atoms with Crippen LogP contribution in [0.3, 0.4) is 0 Å². The number of rotatable bonds is 6. The number of aromatic amines is 1. The molecule has 24 heavy (non-hydrogen) atoms. The van der Waals surface area contributed by atoms with E-state index in [1.165, 1.54) is 0 Å². The van der Waals surface area contributed by atoms with Gasteiger partial charge in [-0.3, -0.25) is 14.4 Å². The Morgan fingerprint density at radius 3 is 2.58 bits per heavy atom. The Balaban J connectivity index is 1.51. The van der Waals surface area contributed by atoms with Gasteiger partial charge < -0.3 is 14.6 Å². The number of ketones is 1. The molecular weight excluding hydrogens is 308 g/mol. The summed E-state index contributed by atoms with van der Waals surface area (Å²) in [6.45, 7) is 0.459. The molecule has 1 amide bonds. The molecular formula is C18H18N2O4. The quantitative estimate of drug-likeness (QED) is 0.651. The second-order valence-corrected chi connectivity index (χ2v) is 5.66. The van der Waals surface area contributed by atoms with Crippen LogP contribution >= 0.6 is 0 Å². The minimum Gasteiger partial charge on any atom is -0.457 e. The van der Waals surface area contributed by atoms with Crippen molar-refractivity contribution in [1.82, 2.24) is 4.98 Å². The Hall–Kier alpha value is -2.89. The van der Waals surface area contributed by atoms with E-state index in [4.69, 9.17) is 4.74 Å². The molecule has 1 aromatic carbocycles. The summed E-state index contributed by atoms with van der Waals surface area (Å²) in [5.74, 6) is -0.596. The van der Waals surface area contributed by atoms with Crippen molar-refractivity contribution in [3.8, 4) is 0 Å². The van der Waals surface area contributed by atoms with E-state index in [1.54, 1.807) is 35.4 Å². The van der Waals surface area contributed by atoms with E-state index in [9.17, 15) is 14.4 Å². The van der Waals surface area contributed by atoms with E-state index < -0.39 is 5.97 Å². The molecule has 0 bridgehead atoms. The molecule has 2 heterocycles. The lowest BCUT2D eigenvalue weighted by Gasteiger charge is -2.15. The number of carbonyl (C=O) groups excluding carboxylic acids is 3. The van der Waals surface area contributed by atoms with Gasteiger partial charge in [0.25, 0.3) is 0 Å². The molecule has 0 atom stereocenters. The van der Waals surface area contributed by atoms with Crippen molar-refractivity contribution in [2.75, 3.05) is 18.1 Å².